The first-order valence-electron chi connectivity index (χ1n) is 17.0. The molecule has 0 rings (SSSR count). The molecule has 4 nitrogen and oxygen atoms in total. The summed E-state index contributed by atoms with van der Waals surface area (Å²) < 4.78 is 10.4. The van der Waals surface area contributed by atoms with Crippen molar-refractivity contribution in [3.05, 3.63) is 0 Å². The molecule has 234 valence electrons. The summed E-state index contributed by atoms with van der Waals surface area (Å²) in [4.78, 5) is 22.8. The van der Waals surface area contributed by atoms with Gasteiger partial charge in [0.1, 0.15) is 0 Å². The van der Waals surface area contributed by atoms with Crippen molar-refractivity contribution < 1.29 is 19.1 Å². The van der Waals surface area contributed by atoms with Crippen LogP contribution in [-0.4, -0.2) is 24.6 Å². The molecule has 0 unspecified atom stereocenters. The van der Waals surface area contributed by atoms with Gasteiger partial charge in [0.05, 0.1) is 12.7 Å². The summed E-state index contributed by atoms with van der Waals surface area (Å²) >= 11 is 0. The predicted molar refractivity (Wildman–Crippen MR) is 169 cm³/mol. The zero-order chi connectivity index (χ0) is 29.6. The van der Waals surface area contributed by atoms with E-state index in [0.717, 1.165) is 37.5 Å². The molecule has 0 atom stereocenters. The van der Waals surface area contributed by atoms with Gasteiger partial charge in [0.25, 0.3) is 0 Å². The maximum Gasteiger partial charge on any atom is 0.306 e. The summed E-state index contributed by atoms with van der Waals surface area (Å²) in [7, 11) is 0. The number of carbonyl (C=O) groups excluding carboxylic acids is 2. The van der Waals surface area contributed by atoms with Crippen molar-refractivity contribution in [2.24, 2.45) is 11.8 Å². The molecule has 39 heavy (non-hydrogen) atoms. The van der Waals surface area contributed by atoms with Crippen molar-refractivity contribution in [1.29, 1.82) is 0 Å². The van der Waals surface area contributed by atoms with Crippen LogP contribution in [0.4, 0.5) is 0 Å². The first-order valence-corrected chi connectivity index (χ1v) is 17.0. The summed E-state index contributed by atoms with van der Waals surface area (Å²) in [5.41, 5.74) is 0. The van der Waals surface area contributed by atoms with Crippen molar-refractivity contribution >= 4 is 11.9 Å². The number of ether oxygens (including phenoxy) is 2. The van der Waals surface area contributed by atoms with Crippen LogP contribution in [0.5, 0.6) is 0 Å². The summed E-state index contributed by atoms with van der Waals surface area (Å²) in [6.07, 6.45) is 26.4. The molecule has 0 aromatic heterocycles. The Morgan fingerprint density at radius 1 is 0.487 bits per heavy atom. The fraction of sp³-hybridized carbons (Fsp3) is 0.943. The van der Waals surface area contributed by atoms with E-state index in [0.29, 0.717) is 19.4 Å². The molecule has 0 aliphatic rings. The van der Waals surface area contributed by atoms with Gasteiger partial charge in [0, 0.05) is 12.8 Å². The maximum absolute atomic E-state index is 11.5. The number of esters is 2. The lowest BCUT2D eigenvalue weighted by Crippen LogP contribution is -2.10. The van der Waals surface area contributed by atoms with E-state index in [1.165, 1.54) is 103 Å². The van der Waals surface area contributed by atoms with Crippen LogP contribution in [-0.2, 0) is 19.1 Å². The van der Waals surface area contributed by atoms with E-state index in [1.807, 2.05) is 13.8 Å². The molecule has 0 spiro atoms. The third-order valence-corrected chi connectivity index (χ3v) is 6.95. The highest BCUT2D eigenvalue weighted by molar-refractivity contribution is 5.69. The quantitative estimate of drug-likeness (QED) is 0.0788. The van der Waals surface area contributed by atoms with Crippen LogP contribution in [0.1, 0.15) is 190 Å². The highest BCUT2D eigenvalue weighted by atomic mass is 16.5. The Kier molecular flexibility index (Phi) is 32.3. The number of rotatable bonds is 26. The van der Waals surface area contributed by atoms with Gasteiger partial charge in [0.15, 0.2) is 0 Å². The fourth-order valence-corrected chi connectivity index (χ4v) is 4.52. The molecule has 0 radical (unpaired) electrons. The Balaban J connectivity index is 0. The molecule has 0 aromatic carbocycles. The zero-order valence-electron chi connectivity index (χ0n) is 27.6. The lowest BCUT2D eigenvalue weighted by molar-refractivity contribution is -0.147. The van der Waals surface area contributed by atoms with Gasteiger partial charge in [-0.05, 0) is 44.9 Å². The molecule has 0 fully saturated rings. The van der Waals surface area contributed by atoms with Crippen molar-refractivity contribution in [2.45, 2.75) is 196 Å². The third-order valence-electron chi connectivity index (χ3n) is 6.95. The van der Waals surface area contributed by atoms with E-state index < -0.39 is 0 Å². The summed E-state index contributed by atoms with van der Waals surface area (Å²) in [5.74, 6) is 1.55. The highest BCUT2D eigenvalue weighted by Crippen LogP contribution is 2.13. The molecule has 0 aromatic rings. The monoisotopic (exact) mass is 555 g/mol. The molecule has 0 amide bonds. The van der Waals surface area contributed by atoms with Crippen LogP contribution in [0.2, 0.25) is 0 Å². The minimum Gasteiger partial charge on any atom is -0.466 e. The molecule has 0 aliphatic carbocycles. The van der Waals surface area contributed by atoms with Crippen molar-refractivity contribution in [1.82, 2.24) is 0 Å². The normalized spacial score (nSPS) is 11.1. The molecule has 0 bridgehead atoms. The van der Waals surface area contributed by atoms with Gasteiger partial charge in [-0.2, -0.15) is 0 Å². The van der Waals surface area contributed by atoms with Gasteiger partial charge < -0.3 is 9.47 Å². The van der Waals surface area contributed by atoms with Crippen molar-refractivity contribution in [3.8, 4) is 0 Å². The Morgan fingerprint density at radius 2 is 0.872 bits per heavy atom. The van der Waals surface area contributed by atoms with Crippen LogP contribution in [0.25, 0.3) is 0 Å². The average molecular weight is 555 g/mol. The number of hydrogen-bond acceptors (Lipinski definition) is 4. The molecule has 4 heteroatoms. The molecule has 0 saturated carbocycles. The topological polar surface area (TPSA) is 52.6 Å². The second-order valence-corrected chi connectivity index (χ2v) is 12.6. The smallest absolute Gasteiger partial charge is 0.306 e. The van der Waals surface area contributed by atoms with Gasteiger partial charge in [-0.3, -0.25) is 9.59 Å². The van der Waals surface area contributed by atoms with Crippen LogP contribution in [0, 0.1) is 11.8 Å². The SMILES string of the molecule is CC(C)CCCCCCOC(=O)CCCCCC(C)C.CCCCCCCCCCCCCC(=O)OC(C)C. The van der Waals surface area contributed by atoms with Gasteiger partial charge >= 0.3 is 11.9 Å². The first-order chi connectivity index (χ1) is 18.7. The summed E-state index contributed by atoms with van der Waals surface area (Å²) in [5, 5.41) is 0. The summed E-state index contributed by atoms with van der Waals surface area (Å²) in [6, 6.07) is 0. The van der Waals surface area contributed by atoms with Crippen LogP contribution in [0.3, 0.4) is 0 Å². The van der Waals surface area contributed by atoms with E-state index in [-0.39, 0.29) is 18.0 Å². The standard InChI is InChI=1S/C18H36O2.C17H34O2/c1-16(2)12-8-5-6-11-15-20-18(19)14-10-7-9-13-17(3)4;1-4-5-6-7-8-9-10-11-12-13-14-15-17(18)19-16(2)3/h16-17H,5-15H2,1-4H3;16H,4-15H2,1-3H3. The van der Waals surface area contributed by atoms with Gasteiger partial charge in [-0.1, -0.05) is 144 Å². The molecule has 0 heterocycles. The largest absolute Gasteiger partial charge is 0.466 e. The average Bonchev–Trinajstić information content (AvgIpc) is 2.86. The maximum atomic E-state index is 11.5. The Morgan fingerprint density at radius 3 is 1.33 bits per heavy atom. The molecule has 0 saturated heterocycles. The Labute approximate surface area is 245 Å². The summed E-state index contributed by atoms with van der Waals surface area (Å²) in [6.45, 7) is 15.7. The van der Waals surface area contributed by atoms with Crippen LogP contribution in [0.15, 0.2) is 0 Å². The van der Waals surface area contributed by atoms with Gasteiger partial charge in [-0.15, -0.1) is 0 Å². The predicted octanol–water partition coefficient (Wildman–Crippen LogP) is 11.4. The lowest BCUT2D eigenvalue weighted by Gasteiger charge is -2.07. The minimum atomic E-state index is -0.0362. The van der Waals surface area contributed by atoms with E-state index >= 15 is 0 Å². The van der Waals surface area contributed by atoms with Crippen LogP contribution >= 0.6 is 0 Å². The van der Waals surface area contributed by atoms with Crippen LogP contribution < -0.4 is 0 Å². The molecular weight excluding hydrogens is 484 g/mol. The van der Waals surface area contributed by atoms with E-state index in [4.69, 9.17) is 9.47 Å². The van der Waals surface area contributed by atoms with Crippen molar-refractivity contribution in [2.75, 3.05) is 6.61 Å². The van der Waals surface area contributed by atoms with E-state index in [1.54, 1.807) is 0 Å². The number of carbonyl (C=O) groups is 2. The first kappa shape index (κ1) is 40.1. The van der Waals surface area contributed by atoms with Gasteiger partial charge in [0.2, 0.25) is 0 Å². The molecular formula is C35H70O4. The number of unbranched alkanes of at least 4 members (excludes halogenated alkanes) is 15. The van der Waals surface area contributed by atoms with Crippen molar-refractivity contribution in [3.63, 3.8) is 0 Å². The second-order valence-electron chi connectivity index (χ2n) is 12.6. The van der Waals surface area contributed by atoms with Gasteiger partial charge in [-0.25, -0.2) is 0 Å². The highest BCUT2D eigenvalue weighted by Gasteiger charge is 2.05. The lowest BCUT2D eigenvalue weighted by atomic mass is 10.0. The number of hydrogen-bond donors (Lipinski definition) is 0. The zero-order valence-corrected chi connectivity index (χ0v) is 27.6. The Bertz CT molecular complexity index is 513. The third kappa shape index (κ3) is 39.1. The second kappa shape index (κ2) is 31.5. The van der Waals surface area contributed by atoms with E-state index in [2.05, 4.69) is 34.6 Å². The fourth-order valence-electron chi connectivity index (χ4n) is 4.52. The molecule has 0 N–H and O–H groups in total. The minimum absolute atomic E-state index is 0.00303. The van der Waals surface area contributed by atoms with E-state index in [9.17, 15) is 9.59 Å². The molecule has 0 aliphatic heterocycles. The Hall–Kier alpha value is -1.06.